The van der Waals surface area contributed by atoms with Crippen LogP contribution in [0.1, 0.15) is 27.7 Å². The molecule has 4 rings (SSSR count). The number of carbonyl (C=O) groups is 2. The molecule has 2 aromatic carbocycles. The molecular formula is C22H20N2O7S2. The summed E-state index contributed by atoms with van der Waals surface area (Å²) in [7, 11) is 6.01. The second kappa shape index (κ2) is 9.30. The van der Waals surface area contributed by atoms with Gasteiger partial charge in [0.05, 0.1) is 33.3 Å². The smallest absolute Gasteiger partial charge is 0.344 e. The van der Waals surface area contributed by atoms with Gasteiger partial charge in [0.15, 0.2) is 22.0 Å². The fourth-order valence-corrected chi connectivity index (χ4v) is 4.66. The average Bonchev–Trinajstić information content (AvgIpc) is 3.29. The second-order valence-corrected chi connectivity index (χ2v) is 8.48. The lowest BCUT2D eigenvalue weighted by atomic mass is 10.1. The van der Waals surface area contributed by atoms with Gasteiger partial charge < -0.3 is 23.7 Å². The molecule has 172 valence electrons. The van der Waals surface area contributed by atoms with E-state index in [1.165, 1.54) is 26.3 Å². The first kappa shape index (κ1) is 22.9. The predicted octanol–water partition coefficient (Wildman–Crippen LogP) is 3.30. The first-order chi connectivity index (χ1) is 15.9. The number of nitrogens with one attached hydrogen (secondary N) is 1. The van der Waals surface area contributed by atoms with Crippen molar-refractivity contribution >= 4 is 46.3 Å². The molecule has 1 fully saturated rings. The van der Waals surface area contributed by atoms with Gasteiger partial charge in [-0.3, -0.25) is 4.79 Å². The van der Waals surface area contributed by atoms with Gasteiger partial charge in [0.1, 0.15) is 17.1 Å². The van der Waals surface area contributed by atoms with Crippen LogP contribution in [0.2, 0.25) is 0 Å². The van der Waals surface area contributed by atoms with Gasteiger partial charge in [-0.05, 0) is 30.3 Å². The number of hydrogen-bond donors (Lipinski definition) is 1. The Hall–Kier alpha value is -3.28. The zero-order valence-electron chi connectivity index (χ0n) is 18.2. The largest absolute Gasteiger partial charge is 0.497 e. The molecule has 0 saturated carbocycles. The molecule has 9 nitrogen and oxygen atoms in total. The number of esters is 1. The summed E-state index contributed by atoms with van der Waals surface area (Å²) in [6.07, 6.45) is 0.756. The first-order valence-corrected chi connectivity index (χ1v) is 10.9. The molecule has 0 spiro atoms. The summed E-state index contributed by atoms with van der Waals surface area (Å²) in [5.41, 5.74) is 4.34. The van der Waals surface area contributed by atoms with Crippen LogP contribution in [0, 0.1) is 0 Å². The van der Waals surface area contributed by atoms with Crippen molar-refractivity contribution in [3.05, 3.63) is 51.9 Å². The minimum Gasteiger partial charge on any atom is -0.497 e. The first-order valence-electron chi connectivity index (χ1n) is 9.63. The summed E-state index contributed by atoms with van der Waals surface area (Å²) in [6, 6.07) is 8.61. The Kier molecular flexibility index (Phi) is 6.45. The van der Waals surface area contributed by atoms with E-state index in [0.717, 1.165) is 11.8 Å². The van der Waals surface area contributed by atoms with Crippen molar-refractivity contribution in [3.8, 4) is 23.0 Å². The molecule has 1 unspecified atom stereocenters. The molecule has 0 radical (unpaired) electrons. The molecule has 1 saturated heterocycles. The van der Waals surface area contributed by atoms with Gasteiger partial charge in [0.2, 0.25) is 0 Å². The number of fused-ring (bicyclic) bond motifs is 1. The highest BCUT2D eigenvalue weighted by Gasteiger charge is 2.40. The molecule has 0 aromatic heterocycles. The number of hydrogen-bond acceptors (Lipinski definition) is 10. The van der Waals surface area contributed by atoms with Crippen molar-refractivity contribution in [2.24, 2.45) is 0 Å². The third-order valence-electron chi connectivity index (χ3n) is 5.06. The van der Waals surface area contributed by atoms with Crippen LogP contribution in [-0.2, 0) is 9.53 Å². The second-order valence-electron chi connectivity index (χ2n) is 6.80. The topological polar surface area (TPSA) is 95.6 Å². The maximum Gasteiger partial charge on any atom is 0.344 e. The lowest BCUT2D eigenvalue weighted by Gasteiger charge is -2.21. The van der Waals surface area contributed by atoms with Crippen molar-refractivity contribution in [2.45, 2.75) is 6.23 Å². The summed E-state index contributed by atoms with van der Waals surface area (Å²) in [6.45, 7) is 0. The maximum absolute atomic E-state index is 13.1. The van der Waals surface area contributed by atoms with Gasteiger partial charge in [-0.2, -0.15) is 5.43 Å². The Morgan fingerprint density at radius 3 is 2.45 bits per heavy atom. The highest BCUT2D eigenvalue weighted by Crippen LogP contribution is 2.42. The summed E-state index contributed by atoms with van der Waals surface area (Å²) >= 11 is 6.51. The van der Waals surface area contributed by atoms with Crippen LogP contribution in [0.4, 0.5) is 0 Å². The van der Waals surface area contributed by atoms with Crippen LogP contribution in [0.15, 0.2) is 35.2 Å². The summed E-state index contributed by atoms with van der Waals surface area (Å²) < 4.78 is 26.9. The van der Waals surface area contributed by atoms with Gasteiger partial charge in [-0.1, -0.05) is 24.0 Å². The van der Waals surface area contributed by atoms with Gasteiger partial charge >= 0.3 is 5.97 Å². The molecule has 0 aliphatic carbocycles. The standard InChI is InChI=1S/C22H20N2O7S2/c1-27-12-6-5-11(15(10-12)29-3)9-16-20(25)24(22(32)33-16)23-19-13-7-8-14(28-2)18(30-4)17(13)21(26)31-19/h5-10,19,23H,1-4H3/b16-9-. The van der Waals surface area contributed by atoms with Gasteiger partial charge in [-0.25, -0.2) is 9.80 Å². The SMILES string of the molecule is COc1ccc(/C=C2\SC(=S)N(NC3OC(=O)c4c3ccc(OC)c4OC)C2=O)c(OC)c1. The zero-order valence-corrected chi connectivity index (χ0v) is 19.8. The van der Waals surface area contributed by atoms with Crippen LogP contribution in [0.5, 0.6) is 23.0 Å². The van der Waals surface area contributed by atoms with Crippen molar-refractivity contribution in [2.75, 3.05) is 28.4 Å². The Morgan fingerprint density at radius 2 is 1.79 bits per heavy atom. The third kappa shape index (κ3) is 4.10. The van der Waals surface area contributed by atoms with Gasteiger partial charge in [0.25, 0.3) is 5.91 Å². The maximum atomic E-state index is 13.1. The van der Waals surface area contributed by atoms with Crippen LogP contribution < -0.4 is 24.4 Å². The van der Waals surface area contributed by atoms with Crippen LogP contribution in [0.25, 0.3) is 6.08 Å². The number of carbonyl (C=O) groups excluding carboxylic acids is 2. The molecule has 2 heterocycles. The quantitative estimate of drug-likeness (QED) is 0.355. The Labute approximate surface area is 199 Å². The van der Waals surface area contributed by atoms with E-state index in [-0.39, 0.29) is 21.5 Å². The van der Waals surface area contributed by atoms with Crippen molar-refractivity contribution in [1.82, 2.24) is 10.4 Å². The lowest BCUT2D eigenvalue weighted by Crippen LogP contribution is -2.43. The van der Waals surface area contributed by atoms with Crippen LogP contribution in [-0.4, -0.2) is 49.6 Å². The normalized spacial score (nSPS) is 18.4. The fraction of sp³-hybridized carbons (Fsp3) is 0.227. The number of nitrogens with zero attached hydrogens (tertiary/aromatic N) is 1. The monoisotopic (exact) mass is 488 g/mol. The number of cyclic esters (lactones) is 1. The number of thioether (sulfide) groups is 1. The number of rotatable bonds is 7. The molecule has 2 aromatic rings. The Morgan fingerprint density at radius 1 is 1.03 bits per heavy atom. The predicted molar refractivity (Wildman–Crippen MR) is 125 cm³/mol. The van der Waals surface area contributed by atoms with Crippen LogP contribution >= 0.6 is 24.0 Å². The summed E-state index contributed by atoms with van der Waals surface area (Å²) in [4.78, 5) is 26.0. The highest BCUT2D eigenvalue weighted by atomic mass is 32.2. The van der Waals surface area contributed by atoms with E-state index in [1.54, 1.807) is 43.5 Å². The van der Waals surface area contributed by atoms with E-state index in [2.05, 4.69) is 5.43 Å². The van der Waals surface area contributed by atoms with Gasteiger partial charge in [-0.15, -0.1) is 0 Å². The average molecular weight is 489 g/mol. The molecule has 33 heavy (non-hydrogen) atoms. The van der Waals surface area contributed by atoms with E-state index in [9.17, 15) is 9.59 Å². The molecule has 1 N–H and O–H groups in total. The molecule has 2 aliphatic heterocycles. The lowest BCUT2D eigenvalue weighted by molar-refractivity contribution is -0.126. The van der Waals surface area contributed by atoms with Crippen molar-refractivity contribution in [3.63, 3.8) is 0 Å². The summed E-state index contributed by atoms with van der Waals surface area (Å²) in [5.74, 6) is 0.867. The molecule has 11 heteroatoms. The zero-order chi connectivity index (χ0) is 23.7. The number of amides is 1. The fourth-order valence-electron chi connectivity index (χ4n) is 3.47. The van der Waals surface area contributed by atoms with Crippen molar-refractivity contribution < 1.29 is 33.3 Å². The number of benzene rings is 2. The molecule has 1 amide bonds. The third-order valence-corrected chi connectivity index (χ3v) is 6.36. The van der Waals surface area contributed by atoms with E-state index < -0.39 is 12.2 Å². The molecule has 0 bridgehead atoms. The molecular weight excluding hydrogens is 468 g/mol. The number of ether oxygens (including phenoxy) is 5. The minimum atomic E-state index is -0.926. The number of thiocarbonyl (C=S) groups is 1. The van der Waals surface area contributed by atoms with Gasteiger partial charge in [0, 0.05) is 17.2 Å². The van der Waals surface area contributed by atoms with E-state index >= 15 is 0 Å². The van der Waals surface area contributed by atoms with Crippen LogP contribution in [0.3, 0.4) is 0 Å². The summed E-state index contributed by atoms with van der Waals surface area (Å²) in [5, 5.41) is 1.19. The van der Waals surface area contributed by atoms with E-state index in [0.29, 0.717) is 33.3 Å². The van der Waals surface area contributed by atoms with E-state index in [4.69, 9.17) is 35.9 Å². The number of hydrazine groups is 1. The molecule has 2 aliphatic rings. The minimum absolute atomic E-state index is 0.235. The Bertz CT molecular complexity index is 1180. The highest BCUT2D eigenvalue weighted by molar-refractivity contribution is 8.26. The van der Waals surface area contributed by atoms with E-state index in [1.807, 2.05) is 0 Å². The number of methoxy groups -OCH3 is 4. The Balaban J connectivity index is 1.60. The molecule has 1 atom stereocenters. The van der Waals surface area contributed by atoms with Crippen molar-refractivity contribution in [1.29, 1.82) is 0 Å².